The quantitative estimate of drug-likeness (QED) is 0.808. The lowest BCUT2D eigenvalue weighted by atomic mass is 10.1. The van der Waals surface area contributed by atoms with Crippen LogP contribution in [0.5, 0.6) is 0 Å². The van der Waals surface area contributed by atoms with Gasteiger partial charge in [0.05, 0.1) is 0 Å². The summed E-state index contributed by atoms with van der Waals surface area (Å²) in [7, 11) is 0. The van der Waals surface area contributed by atoms with Gasteiger partial charge in [-0.15, -0.1) is 11.3 Å². The maximum absolute atomic E-state index is 14.5. The molecule has 1 aromatic carbocycles. The molecular formula is C15H14FN3OS. The van der Waals surface area contributed by atoms with Crippen LogP contribution in [0.1, 0.15) is 23.7 Å². The maximum atomic E-state index is 14.5. The Balaban J connectivity index is 1.62. The minimum absolute atomic E-state index is 0.0991. The first-order valence-corrected chi connectivity index (χ1v) is 7.80. The molecule has 0 spiro atoms. The molecule has 108 valence electrons. The highest BCUT2D eigenvalue weighted by Gasteiger charge is 2.41. The number of benzene rings is 1. The Morgan fingerprint density at radius 2 is 2.29 bits per heavy atom. The molecule has 1 N–H and O–H groups in total. The van der Waals surface area contributed by atoms with Gasteiger partial charge >= 0.3 is 0 Å². The molecule has 1 aliphatic rings. The van der Waals surface area contributed by atoms with Crippen molar-refractivity contribution in [3.8, 4) is 0 Å². The average molecular weight is 303 g/mol. The topological polar surface area (TPSA) is 51.0 Å². The van der Waals surface area contributed by atoms with E-state index in [1.54, 1.807) is 11.3 Å². The normalized spacial score (nSPS) is 22.1. The summed E-state index contributed by atoms with van der Waals surface area (Å²) >= 11 is 1.69. The van der Waals surface area contributed by atoms with Crippen molar-refractivity contribution in [1.29, 1.82) is 0 Å². The number of nitrogens with zero attached hydrogens (tertiary/aromatic N) is 2. The number of hydrogen-bond acceptors (Lipinski definition) is 5. The van der Waals surface area contributed by atoms with E-state index in [1.807, 2.05) is 12.1 Å². The van der Waals surface area contributed by atoms with E-state index in [-0.39, 0.29) is 12.4 Å². The van der Waals surface area contributed by atoms with E-state index >= 15 is 0 Å². The zero-order valence-electron chi connectivity index (χ0n) is 11.3. The Morgan fingerprint density at radius 3 is 3.14 bits per heavy atom. The lowest BCUT2D eigenvalue weighted by Gasteiger charge is -2.11. The highest BCUT2D eigenvalue weighted by Crippen LogP contribution is 2.32. The van der Waals surface area contributed by atoms with Gasteiger partial charge in [-0.05, 0) is 28.9 Å². The summed E-state index contributed by atoms with van der Waals surface area (Å²) in [5, 5.41) is 10.2. The number of alkyl halides is 1. The van der Waals surface area contributed by atoms with Gasteiger partial charge in [0.25, 0.3) is 5.89 Å². The second kappa shape index (κ2) is 4.89. The Labute approximate surface area is 125 Å². The smallest absolute Gasteiger partial charge is 0.265 e. The molecule has 1 atom stereocenters. The molecule has 1 saturated heterocycles. The number of halogens is 1. The largest absolute Gasteiger partial charge is 0.336 e. The fraction of sp³-hybridized carbons (Fsp3) is 0.333. The lowest BCUT2D eigenvalue weighted by molar-refractivity contribution is 0.133. The van der Waals surface area contributed by atoms with Gasteiger partial charge in [0.1, 0.15) is 0 Å². The number of hydrogen-bond donors (Lipinski definition) is 1. The second-order valence-electron chi connectivity index (χ2n) is 5.34. The number of rotatable bonds is 3. The first-order valence-electron chi connectivity index (χ1n) is 6.92. The number of thiophene rings is 1. The van der Waals surface area contributed by atoms with Crippen molar-refractivity contribution in [1.82, 2.24) is 15.5 Å². The van der Waals surface area contributed by atoms with E-state index in [9.17, 15) is 4.39 Å². The molecule has 2 aromatic heterocycles. The van der Waals surface area contributed by atoms with Crippen molar-refractivity contribution in [3.05, 3.63) is 46.9 Å². The first kappa shape index (κ1) is 12.9. The molecule has 6 heteroatoms. The van der Waals surface area contributed by atoms with E-state index in [0.717, 1.165) is 5.56 Å². The van der Waals surface area contributed by atoms with Gasteiger partial charge < -0.3 is 9.84 Å². The van der Waals surface area contributed by atoms with E-state index in [0.29, 0.717) is 25.2 Å². The summed E-state index contributed by atoms with van der Waals surface area (Å²) in [6.07, 6.45) is 0.951. The Hall–Kier alpha value is -1.79. The molecule has 21 heavy (non-hydrogen) atoms. The zero-order valence-corrected chi connectivity index (χ0v) is 12.1. The molecule has 1 unspecified atom stereocenters. The Bertz CT molecular complexity index is 776. The van der Waals surface area contributed by atoms with Gasteiger partial charge in [0.2, 0.25) is 5.67 Å². The molecule has 4 rings (SSSR count). The highest BCUT2D eigenvalue weighted by molar-refractivity contribution is 7.17. The monoisotopic (exact) mass is 303 g/mol. The van der Waals surface area contributed by atoms with Crippen LogP contribution in [-0.2, 0) is 12.1 Å². The predicted molar refractivity (Wildman–Crippen MR) is 79.2 cm³/mol. The van der Waals surface area contributed by atoms with Gasteiger partial charge in [-0.3, -0.25) is 0 Å². The molecule has 3 aromatic rings. The van der Waals surface area contributed by atoms with E-state index in [4.69, 9.17) is 4.52 Å². The molecule has 1 fully saturated rings. The highest BCUT2D eigenvalue weighted by atomic mass is 32.1. The van der Waals surface area contributed by atoms with Gasteiger partial charge in [0.15, 0.2) is 5.82 Å². The average Bonchev–Trinajstić information content (AvgIpc) is 3.21. The summed E-state index contributed by atoms with van der Waals surface area (Å²) in [6, 6.07) is 8.21. The van der Waals surface area contributed by atoms with Crippen molar-refractivity contribution in [2.75, 3.05) is 13.1 Å². The van der Waals surface area contributed by atoms with Crippen LogP contribution >= 0.6 is 11.3 Å². The standard InChI is InChI=1S/C15H14FN3OS/c16-15(5-6-17-9-15)14-18-13(19-20-14)7-10-8-21-12-4-2-1-3-11(10)12/h1-4,8,17H,5-7,9H2. The van der Waals surface area contributed by atoms with E-state index in [1.165, 1.54) is 10.1 Å². The van der Waals surface area contributed by atoms with Crippen molar-refractivity contribution in [2.24, 2.45) is 0 Å². The lowest BCUT2D eigenvalue weighted by Crippen LogP contribution is -2.23. The van der Waals surface area contributed by atoms with Crippen molar-refractivity contribution < 1.29 is 8.91 Å². The summed E-state index contributed by atoms with van der Waals surface area (Å²) < 4.78 is 20.9. The minimum atomic E-state index is -1.51. The molecule has 3 heterocycles. The second-order valence-corrected chi connectivity index (χ2v) is 6.25. The van der Waals surface area contributed by atoms with Gasteiger partial charge in [0, 0.05) is 24.1 Å². The van der Waals surface area contributed by atoms with Crippen LogP contribution in [0.15, 0.2) is 34.2 Å². The molecule has 0 saturated carbocycles. The molecule has 0 amide bonds. The van der Waals surface area contributed by atoms with Crippen LogP contribution in [0, 0.1) is 0 Å². The fourth-order valence-electron chi connectivity index (χ4n) is 2.69. The van der Waals surface area contributed by atoms with E-state index in [2.05, 4.69) is 33.0 Å². The third kappa shape index (κ3) is 2.24. The molecule has 0 bridgehead atoms. The van der Waals surface area contributed by atoms with Crippen molar-refractivity contribution in [3.63, 3.8) is 0 Å². The summed E-state index contributed by atoms with van der Waals surface area (Å²) in [4.78, 5) is 4.26. The van der Waals surface area contributed by atoms with Crippen LogP contribution in [-0.4, -0.2) is 23.2 Å². The molecule has 0 radical (unpaired) electrons. The van der Waals surface area contributed by atoms with Crippen molar-refractivity contribution >= 4 is 21.4 Å². The van der Waals surface area contributed by atoms with Crippen LogP contribution in [0.3, 0.4) is 0 Å². The fourth-order valence-corrected chi connectivity index (χ4v) is 3.65. The molecule has 4 nitrogen and oxygen atoms in total. The SMILES string of the molecule is FC1(c2nc(Cc3csc4ccccc34)no2)CCNC1. The van der Waals surface area contributed by atoms with E-state index < -0.39 is 5.67 Å². The van der Waals surface area contributed by atoms with Crippen LogP contribution in [0.25, 0.3) is 10.1 Å². The van der Waals surface area contributed by atoms with Crippen LogP contribution < -0.4 is 5.32 Å². The number of nitrogens with one attached hydrogen (secondary N) is 1. The van der Waals surface area contributed by atoms with Crippen molar-refractivity contribution in [2.45, 2.75) is 18.5 Å². The third-order valence-electron chi connectivity index (χ3n) is 3.86. The van der Waals surface area contributed by atoms with Crippen LogP contribution in [0.4, 0.5) is 4.39 Å². The van der Waals surface area contributed by atoms with Gasteiger partial charge in [-0.2, -0.15) is 4.98 Å². The third-order valence-corrected chi connectivity index (χ3v) is 4.88. The Kier molecular flexibility index (Phi) is 3.01. The summed E-state index contributed by atoms with van der Waals surface area (Å²) in [5.41, 5.74) is -0.359. The van der Waals surface area contributed by atoms with Gasteiger partial charge in [-0.25, -0.2) is 4.39 Å². The zero-order chi connectivity index (χ0) is 14.3. The molecule has 0 aliphatic carbocycles. The Morgan fingerprint density at radius 1 is 1.38 bits per heavy atom. The van der Waals surface area contributed by atoms with Crippen LogP contribution in [0.2, 0.25) is 0 Å². The summed E-state index contributed by atoms with van der Waals surface area (Å²) in [5.74, 6) is 0.638. The first-order chi connectivity index (χ1) is 10.2. The number of aromatic nitrogens is 2. The predicted octanol–water partition coefficient (Wildman–Crippen LogP) is 3.03. The summed E-state index contributed by atoms with van der Waals surface area (Å²) in [6.45, 7) is 0.888. The maximum Gasteiger partial charge on any atom is 0.265 e. The molecular weight excluding hydrogens is 289 g/mol. The number of fused-ring (bicyclic) bond motifs is 1. The minimum Gasteiger partial charge on any atom is -0.336 e. The van der Waals surface area contributed by atoms with Gasteiger partial charge in [-0.1, -0.05) is 23.4 Å². The molecule has 1 aliphatic heterocycles.